The van der Waals surface area contributed by atoms with E-state index in [-0.39, 0.29) is 23.5 Å². The Kier molecular flexibility index (Phi) is 5.79. The third-order valence-electron chi connectivity index (χ3n) is 4.49. The van der Waals surface area contributed by atoms with Gasteiger partial charge in [0.15, 0.2) is 0 Å². The van der Waals surface area contributed by atoms with Gasteiger partial charge in [0.1, 0.15) is 5.82 Å². The highest BCUT2D eigenvalue weighted by Crippen LogP contribution is 2.20. The van der Waals surface area contributed by atoms with Gasteiger partial charge in [0, 0.05) is 30.8 Å². The highest BCUT2D eigenvalue weighted by molar-refractivity contribution is 5.94. The van der Waals surface area contributed by atoms with E-state index in [4.69, 9.17) is 0 Å². The molecule has 1 N–H and O–H groups in total. The van der Waals surface area contributed by atoms with Crippen LogP contribution in [0.25, 0.3) is 6.08 Å². The lowest BCUT2D eigenvalue weighted by molar-refractivity contribution is -0.130. The van der Waals surface area contributed by atoms with Gasteiger partial charge >= 0.3 is 0 Å². The van der Waals surface area contributed by atoms with Crippen molar-refractivity contribution in [2.45, 2.75) is 12.8 Å². The monoisotopic (exact) mass is 352 g/mol. The van der Waals surface area contributed by atoms with Crippen molar-refractivity contribution in [3.63, 3.8) is 0 Å². The smallest absolute Gasteiger partial charge is 0.246 e. The largest absolute Gasteiger partial charge is 0.339 e. The molecule has 0 atom stereocenters. The summed E-state index contributed by atoms with van der Waals surface area (Å²) in [7, 11) is 0. The molecule has 3 rings (SSSR count). The van der Waals surface area contributed by atoms with Gasteiger partial charge in [-0.15, -0.1) is 0 Å². The van der Waals surface area contributed by atoms with Crippen molar-refractivity contribution in [3.8, 4) is 0 Å². The lowest BCUT2D eigenvalue weighted by Crippen LogP contribution is -2.40. The number of nitrogens with one attached hydrogen (secondary N) is 1. The molecule has 2 aromatic carbocycles. The molecule has 2 aromatic rings. The van der Waals surface area contributed by atoms with Crippen LogP contribution in [0.4, 0.5) is 10.1 Å². The average Bonchev–Trinajstić information content (AvgIpc) is 2.67. The molecule has 5 heteroatoms. The number of rotatable bonds is 4. The van der Waals surface area contributed by atoms with Crippen molar-refractivity contribution in [2.75, 3.05) is 18.4 Å². The van der Waals surface area contributed by atoms with Crippen molar-refractivity contribution in [1.29, 1.82) is 0 Å². The number of benzene rings is 2. The summed E-state index contributed by atoms with van der Waals surface area (Å²) in [6.07, 6.45) is 4.58. The Bertz CT molecular complexity index is 797. The standard InChI is InChI=1S/C21H21FN2O2/c22-18-7-4-8-19(15-18)23-21(26)17-11-13-24(14-12-17)20(25)10-9-16-5-2-1-3-6-16/h1-10,15,17H,11-14H2,(H,23,26)/b10-9+. The van der Waals surface area contributed by atoms with Crippen LogP contribution in [0.1, 0.15) is 18.4 Å². The number of piperidine rings is 1. The molecule has 1 fully saturated rings. The minimum Gasteiger partial charge on any atom is -0.339 e. The predicted octanol–water partition coefficient (Wildman–Crippen LogP) is 3.72. The minimum absolute atomic E-state index is 0.0437. The first-order valence-electron chi connectivity index (χ1n) is 8.70. The van der Waals surface area contributed by atoms with Crippen LogP contribution in [0, 0.1) is 11.7 Å². The Labute approximate surface area is 152 Å². The van der Waals surface area contributed by atoms with Crippen molar-refractivity contribution in [3.05, 3.63) is 72.1 Å². The van der Waals surface area contributed by atoms with Crippen LogP contribution in [-0.4, -0.2) is 29.8 Å². The third-order valence-corrected chi connectivity index (χ3v) is 4.49. The fourth-order valence-electron chi connectivity index (χ4n) is 3.01. The molecule has 0 aliphatic carbocycles. The van der Waals surface area contributed by atoms with E-state index in [0.717, 1.165) is 5.56 Å². The summed E-state index contributed by atoms with van der Waals surface area (Å²) in [4.78, 5) is 26.3. The van der Waals surface area contributed by atoms with Gasteiger partial charge in [-0.3, -0.25) is 9.59 Å². The van der Waals surface area contributed by atoms with Crippen molar-refractivity contribution in [2.24, 2.45) is 5.92 Å². The molecule has 1 aliphatic heterocycles. The Morgan fingerprint density at radius 3 is 2.46 bits per heavy atom. The number of hydrogen-bond acceptors (Lipinski definition) is 2. The molecule has 0 saturated carbocycles. The second kappa shape index (κ2) is 8.43. The zero-order valence-corrected chi connectivity index (χ0v) is 14.4. The maximum Gasteiger partial charge on any atom is 0.246 e. The summed E-state index contributed by atoms with van der Waals surface area (Å²) in [6.45, 7) is 1.08. The maximum atomic E-state index is 13.2. The second-order valence-electron chi connectivity index (χ2n) is 6.34. The average molecular weight is 352 g/mol. The number of anilines is 1. The zero-order valence-electron chi connectivity index (χ0n) is 14.4. The lowest BCUT2D eigenvalue weighted by Gasteiger charge is -2.30. The molecule has 1 heterocycles. The maximum absolute atomic E-state index is 13.2. The fourth-order valence-corrected chi connectivity index (χ4v) is 3.01. The normalized spacial score (nSPS) is 15.2. The number of hydrogen-bond donors (Lipinski definition) is 1. The minimum atomic E-state index is -0.381. The molecule has 1 aliphatic rings. The Hall–Kier alpha value is -2.95. The zero-order chi connectivity index (χ0) is 18.4. The topological polar surface area (TPSA) is 49.4 Å². The molecule has 4 nitrogen and oxygen atoms in total. The number of halogens is 1. The van der Waals surface area contributed by atoms with E-state index in [0.29, 0.717) is 31.6 Å². The van der Waals surface area contributed by atoms with Crippen LogP contribution < -0.4 is 5.32 Å². The van der Waals surface area contributed by atoms with Gasteiger partial charge in [-0.1, -0.05) is 36.4 Å². The number of likely N-dealkylation sites (tertiary alicyclic amines) is 1. The first-order chi connectivity index (χ1) is 12.6. The molecule has 0 spiro atoms. The first-order valence-corrected chi connectivity index (χ1v) is 8.70. The Balaban J connectivity index is 1.49. The Morgan fingerprint density at radius 2 is 1.77 bits per heavy atom. The van der Waals surface area contributed by atoms with Crippen LogP contribution in [0.2, 0.25) is 0 Å². The van der Waals surface area contributed by atoms with Crippen molar-refractivity contribution in [1.82, 2.24) is 4.90 Å². The molecule has 2 amide bonds. The molecule has 0 aromatic heterocycles. The summed E-state index contributed by atoms with van der Waals surface area (Å²) < 4.78 is 13.2. The quantitative estimate of drug-likeness (QED) is 0.853. The van der Waals surface area contributed by atoms with E-state index < -0.39 is 0 Å². The molecule has 0 radical (unpaired) electrons. The van der Waals surface area contributed by atoms with Gasteiger partial charge in [0.25, 0.3) is 0 Å². The fraction of sp³-hybridized carbons (Fsp3) is 0.238. The third kappa shape index (κ3) is 4.79. The molecule has 0 unspecified atom stereocenters. The van der Waals surface area contributed by atoms with Gasteiger partial charge in [0.2, 0.25) is 11.8 Å². The summed E-state index contributed by atoms with van der Waals surface area (Å²) in [6, 6.07) is 15.5. The highest BCUT2D eigenvalue weighted by atomic mass is 19.1. The van der Waals surface area contributed by atoms with Crippen LogP contribution >= 0.6 is 0 Å². The van der Waals surface area contributed by atoms with Gasteiger partial charge in [-0.05, 0) is 42.7 Å². The predicted molar refractivity (Wildman–Crippen MR) is 99.8 cm³/mol. The SMILES string of the molecule is O=C(Nc1cccc(F)c1)C1CCN(C(=O)/C=C/c2ccccc2)CC1. The van der Waals surface area contributed by atoms with E-state index in [9.17, 15) is 14.0 Å². The molecular formula is C21H21FN2O2. The summed E-state index contributed by atoms with van der Waals surface area (Å²) in [5, 5.41) is 2.75. The number of carbonyl (C=O) groups is 2. The number of carbonyl (C=O) groups excluding carboxylic acids is 2. The molecule has 0 bridgehead atoms. The summed E-state index contributed by atoms with van der Waals surface area (Å²) in [5.74, 6) is -0.714. The van der Waals surface area contributed by atoms with E-state index >= 15 is 0 Å². The lowest BCUT2D eigenvalue weighted by atomic mass is 9.95. The molecule has 134 valence electrons. The van der Waals surface area contributed by atoms with Gasteiger partial charge in [0.05, 0.1) is 0 Å². The molecule has 1 saturated heterocycles. The van der Waals surface area contributed by atoms with Crippen molar-refractivity contribution >= 4 is 23.6 Å². The second-order valence-corrected chi connectivity index (χ2v) is 6.34. The van der Waals surface area contributed by atoms with Gasteiger partial charge in [-0.2, -0.15) is 0 Å². The van der Waals surface area contributed by atoms with Crippen LogP contribution in [0.3, 0.4) is 0 Å². The van der Waals surface area contributed by atoms with E-state index in [2.05, 4.69) is 5.32 Å². The van der Waals surface area contributed by atoms with Crippen LogP contribution in [-0.2, 0) is 9.59 Å². The summed E-state index contributed by atoms with van der Waals surface area (Å²) >= 11 is 0. The van der Waals surface area contributed by atoms with Gasteiger partial charge < -0.3 is 10.2 Å². The van der Waals surface area contributed by atoms with Crippen molar-refractivity contribution < 1.29 is 14.0 Å². The van der Waals surface area contributed by atoms with E-state index in [1.54, 1.807) is 29.2 Å². The first kappa shape index (κ1) is 17.9. The molecular weight excluding hydrogens is 331 g/mol. The van der Waals surface area contributed by atoms with E-state index in [1.807, 2.05) is 30.3 Å². The van der Waals surface area contributed by atoms with Gasteiger partial charge in [-0.25, -0.2) is 4.39 Å². The summed E-state index contributed by atoms with van der Waals surface area (Å²) in [5.41, 5.74) is 1.43. The Morgan fingerprint density at radius 1 is 1.04 bits per heavy atom. The number of nitrogens with zero attached hydrogens (tertiary/aromatic N) is 1. The number of amides is 2. The van der Waals surface area contributed by atoms with E-state index in [1.165, 1.54) is 12.1 Å². The van der Waals surface area contributed by atoms with Crippen LogP contribution in [0.15, 0.2) is 60.7 Å². The molecule has 26 heavy (non-hydrogen) atoms. The highest BCUT2D eigenvalue weighted by Gasteiger charge is 2.26. The van der Waals surface area contributed by atoms with Crippen LogP contribution in [0.5, 0.6) is 0 Å².